The van der Waals surface area contributed by atoms with Crippen LogP contribution in [-0.2, 0) is 6.42 Å². The molecule has 3 heteroatoms. The summed E-state index contributed by atoms with van der Waals surface area (Å²) in [6.45, 7) is 3.96. The fourth-order valence-corrected chi connectivity index (χ4v) is 3.19. The first kappa shape index (κ1) is 13.5. The van der Waals surface area contributed by atoms with Crippen LogP contribution in [0.1, 0.15) is 31.1 Å². The number of para-hydroxylation sites is 1. The zero-order valence-corrected chi connectivity index (χ0v) is 12.4. The quantitative estimate of drug-likeness (QED) is 0.880. The third-order valence-electron chi connectivity index (χ3n) is 3.92. The second-order valence-electron chi connectivity index (χ2n) is 5.44. The fraction of sp³-hybridized carbons (Fsp3) is 0.294. The Morgan fingerprint density at radius 3 is 2.65 bits per heavy atom. The molecule has 0 bridgehead atoms. The smallest absolute Gasteiger partial charge is 0.0762 e. The monoisotopic (exact) mass is 287 g/mol. The summed E-state index contributed by atoms with van der Waals surface area (Å²) in [6, 6.07) is 14.6. The molecule has 0 radical (unpaired) electrons. The number of rotatable bonds is 2. The molecule has 2 aromatic rings. The topological polar surface area (TPSA) is 23.5 Å². The van der Waals surface area contributed by atoms with E-state index in [1.54, 1.807) is 6.92 Å². The normalized spacial score (nSPS) is 19.0. The number of hydrogen-bond donors (Lipinski definition) is 1. The average Bonchev–Trinajstić information content (AvgIpc) is 2.74. The molecule has 0 aliphatic carbocycles. The highest BCUT2D eigenvalue weighted by Crippen LogP contribution is 2.41. The van der Waals surface area contributed by atoms with Crippen molar-refractivity contribution in [1.82, 2.24) is 0 Å². The van der Waals surface area contributed by atoms with Crippen molar-refractivity contribution in [3.8, 4) is 0 Å². The molecule has 20 heavy (non-hydrogen) atoms. The highest BCUT2D eigenvalue weighted by molar-refractivity contribution is 6.33. The lowest BCUT2D eigenvalue weighted by Gasteiger charge is -2.26. The Morgan fingerprint density at radius 1 is 1.20 bits per heavy atom. The van der Waals surface area contributed by atoms with Gasteiger partial charge < -0.3 is 10.0 Å². The minimum absolute atomic E-state index is 0.391. The number of anilines is 2. The van der Waals surface area contributed by atoms with Gasteiger partial charge in [0.15, 0.2) is 0 Å². The van der Waals surface area contributed by atoms with E-state index in [0.29, 0.717) is 11.1 Å². The fourth-order valence-electron chi connectivity index (χ4n) is 2.91. The van der Waals surface area contributed by atoms with Crippen molar-refractivity contribution in [2.45, 2.75) is 32.4 Å². The van der Waals surface area contributed by atoms with Crippen LogP contribution in [0.5, 0.6) is 0 Å². The summed E-state index contributed by atoms with van der Waals surface area (Å²) >= 11 is 6.43. The van der Waals surface area contributed by atoms with Gasteiger partial charge in [-0.05, 0) is 49.6 Å². The standard InChI is InChI=1S/C17H18ClNO/c1-11-9-14-5-3-4-6-16(14)19(11)17-8-7-13(12(2)20)10-15(17)18/h3-8,10-12,20H,9H2,1-2H3/t11?,12-/m1/s1. The molecule has 1 unspecified atom stereocenters. The summed E-state index contributed by atoms with van der Waals surface area (Å²) in [5, 5.41) is 10.3. The predicted molar refractivity (Wildman–Crippen MR) is 83.8 cm³/mol. The summed E-state index contributed by atoms with van der Waals surface area (Å²) in [4.78, 5) is 2.28. The molecule has 1 heterocycles. The summed E-state index contributed by atoms with van der Waals surface area (Å²) < 4.78 is 0. The first-order valence-electron chi connectivity index (χ1n) is 6.92. The number of benzene rings is 2. The lowest BCUT2D eigenvalue weighted by molar-refractivity contribution is 0.199. The molecule has 1 N–H and O–H groups in total. The number of hydrogen-bond acceptors (Lipinski definition) is 2. The predicted octanol–water partition coefficient (Wildman–Crippen LogP) is 4.48. The van der Waals surface area contributed by atoms with Crippen molar-refractivity contribution in [3.05, 3.63) is 58.6 Å². The highest BCUT2D eigenvalue weighted by atomic mass is 35.5. The Bertz CT molecular complexity index is 639. The Morgan fingerprint density at radius 2 is 1.95 bits per heavy atom. The molecule has 0 saturated carbocycles. The summed E-state index contributed by atoms with van der Waals surface area (Å²) in [5.41, 5.74) is 4.44. The number of nitrogens with zero attached hydrogens (tertiary/aromatic N) is 1. The maximum absolute atomic E-state index is 9.64. The second kappa shape index (κ2) is 5.12. The highest BCUT2D eigenvalue weighted by Gasteiger charge is 2.28. The zero-order valence-electron chi connectivity index (χ0n) is 11.7. The van der Waals surface area contributed by atoms with Crippen molar-refractivity contribution >= 4 is 23.0 Å². The van der Waals surface area contributed by atoms with Crippen LogP contribution < -0.4 is 4.90 Å². The van der Waals surface area contributed by atoms with Crippen LogP contribution in [0, 0.1) is 0 Å². The van der Waals surface area contributed by atoms with E-state index in [9.17, 15) is 5.11 Å². The lowest BCUT2D eigenvalue weighted by atomic mass is 10.1. The number of fused-ring (bicyclic) bond motifs is 1. The Balaban J connectivity index is 2.05. The van der Waals surface area contributed by atoms with E-state index in [2.05, 4.69) is 36.1 Å². The van der Waals surface area contributed by atoms with E-state index in [0.717, 1.165) is 17.7 Å². The lowest BCUT2D eigenvalue weighted by Crippen LogP contribution is -2.24. The van der Waals surface area contributed by atoms with Gasteiger partial charge in [-0.25, -0.2) is 0 Å². The Hall–Kier alpha value is -1.51. The first-order chi connectivity index (χ1) is 9.58. The molecular formula is C17H18ClNO. The molecule has 0 spiro atoms. The molecule has 1 aliphatic rings. The van der Waals surface area contributed by atoms with E-state index in [1.807, 2.05) is 18.2 Å². The molecule has 0 aromatic heterocycles. The number of halogens is 1. The second-order valence-corrected chi connectivity index (χ2v) is 5.85. The molecule has 1 aliphatic heterocycles. The minimum atomic E-state index is -0.496. The van der Waals surface area contributed by atoms with Crippen molar-refractivity contribution in [1.29, 1.82) is 0 Å². The van der Waals surface area contributed by atoms with Crippen molar-refractivity contribution < 1.29 is 5.11 Å². The molecule has 2 nitrogen and oxygen atoms in total. The molecule has 0 amide bonds. The molecule has 104 valence electrons. The van der Waals surface area contributed by atoms with Gasteiger partial charge in [-0.15, -0.1) is 0 Å². The van der Waals surface area contributed by atoms with Crippen LogP contribution in [0.25, 0.3) is 0 Å². The minimum Gasteiger partial charge on any atom is -0.389 e. The molecule has 3 rings (SSSR count). The maximum atomic E-state index is 9.64. The van der Waals surface area contributed by atoms with Gasteiger partial charge in [0, 0.05) is 11.7 Å². The van der Waals surface area contributed by atoms with E-state index in [4.69, 9.17) is 11.6 Å². The van der Waals surface area contributed by atoms with Gasteiger partial charge in [-0.2, -0.15) is 0 Å². The third-order valence-corrected chi connectivity index (χ3v) is 4.22. The van der Waals surface area contributed by atoms with Crippen molar-refractivity contribution in [3.63, 3.8) is 0 Å². The van der Waals surface area contributed by atoms with Crippen LogP contribution in [0.4, 0.5) is 11.4 Å². The van der Waals surface area contributed by atoms with Gasteiger partial charge in [0.25, 0.3) is 0 Å². The Kier molecular flexibility index (Phi) is 3.45. The van der Waals surface area contributed by atoms with Gasteiger partial charge in [-0.3, -0.25) is 0 Å². The van der Waals surface area contributed by atoms with Gasteiger partial charge in [0.1, 0.15) is 0 Å². The number of aliphatic hydroxyl groups excluding tert-OH is 1. The van der Waals surface area contributed by atoms with Crippen molar-refractivity contribution in [2.24, 2.45) is 0 Å². The van der Waals surface area contributed by atoms with Crippen LogP contribution in [-0.4, -0.2) is 11.1 Å². The van der Waals surface area contributed by atoms with Crippen LogP contribution in [0.2, 0.25) is 5.02 Å². The zero-order chi connectivity index (χ0) is 14.3. The SMILES string of the molecule is CC1Cc2ccccc2N1c1ccc([C@@H](C)O)cc1Cl. The first-order valence-corrected chi connectivity index (χ1v) is 7.30. The average molecular weight is 288 g/mol. The van der Waals surface area contributed by atoms with E-state index in [-0.39, 0.29) is 0 Å². The van der Waals surface area contributed by atoms with Gasteiger partial charge in [0.2, 0.25) is 0 Å². The third kappa shape index (κ3) is 2.19. The van der Waals surface area contributed by atoms with Gasteiger partial charge in [0.05, 0.1) is 16.8 Å². The number of aliphatic hydroxyl groups is 1. The van der Waals surface area contributed by atoms with E-state index in [1.165, 1.54) is 11.3 Å². The largest absolute Gasteiger partial charge is 0.389 e. The van der Waals surface area contributed by atoms with Gasteiger partial charge in [-0.1, -0.05) is 35.9 Å². The van der Waals surface area contributed by atoms with Crippen LogP contribution in [0.15, 0.2) is 42.5 Å². The van der Waals surface area contributed by atoms with Crippen LogP contribution in [0.3, 0.4) is 0 Å². The van der Waals surface area contributed by atoms with E-state index >= 15 is 0 Å². The summed E-state index contributed by atoms with van der Waals surface area (Å²) in [7, 11) is 0. The van der Waals surface area contributed by atoms with E-state index < -0.39 is 6.10 Å². The summed E-state index contributed by atoms with van der Waals surface area (Å²) in [5.74, 6) is 0. The molecule has 0 saturated heterocycles. The Labute approximate surface area is 124 Å². The van der Waals surface area contributed by atoms with Crippen LogP contribution >= 0.6 is 11.6 Å². The summed E-state index contributed by atoms with van der Waals surface area (Å²) in [6.07, 6.45) is 0.537. The maximum Gasteiger partial charge on any atom is 0.0762 e. The molecule has 2 atom stereocenters. The van der Waals surface area contributed by atoms with Crippen molar-refractivity contribution in [2.75, 3.05) is 4.90 Å². The van der Waals surface area contributed by atoms with Gasteiger partial charge >= 0.3 is 0 Å². The molecular weight excluding hydrogens is 270 g/mol. The molecule has 2 aromatic carbocycles. The molecule has 0 fully saturated rings.